The number of fused-ring (bicyclic) bond motifs is 1. The van der Waals surface area contributed by atoms with Gasteiger partial charge in [0.1, 0.15) is 5.75 Å². The standard InChI is InChI=1S/C27H26N2O7/c1-33-20-10-6-18(7-11-20)9-13-25(30)29-22-5-3-2-4-21(22)27(32)34-16-26(31)28-15-19-8-12-23-24(14-19)36-17-35-23/h2-8,10-12,14H,9,13,15-17H2,1H3,(H,28,31)(H,29,30). The van der Waals surface area contributed by atoms with Crippen LogP contribution in [-0.2, 0) is 27.3 Å². The van der Waals surface area contributed by atoms with Crippen LogP contribution in [0.3, 0.4) is 0 Å². The van der Waals surface area contributed by atoms with E-state index in [4.69, 9.17) is 18.9 Å². The van der Waals surface area contributed by atoms with Crippen LogP contribution in [0.15, 0.2) is 66.7 Å². The molecule has 2 N–H and O–H groups in total. The number of carbonyl (C=O) groups excluding carboxylic acids is 3. The normalized spacial score (nSPS) is 11.5. The summed E-state index contributed by atoms with van der Waals surface area (Å²) in [5.74, 6) is 0.618. The lowest BCUT2D eigenvalue weighted by molar-refractivity contribution is -0.124. The second-order valence-corrected chi connectivity index (χ2v) is 7.98. The fourth-order valence-electron chi connectivity index (χ4n) is 3.54. The Kier molecular flexibility index (Phi) is 8.02. The van der Waals surface area contributed by atoms with E-state index in [-0.39, 0.29) is 31.2 Å². The van der Waals surface area contributed by atoms with Crippen molar-refractivity contribution in [3.8, 4) is 17.2 Å². The summed E-state index contributed by atoms with van der Waals surface area (Å²) >= 11 is 0. The first-order valence-corrected chi connectivity index (χ1v) is 11.4. The van der Waals surface area contributed by atoms with Crippen molar-refractivity contribution in [3.05, 3.63) is 83.4 Å². The number of aryl methyl sites for hydroxylation is 1. The van der Waals surface area contributed by atoms with Crippen molar-refractivity contribution < 1.29 is 33.3 Å². The number of para-hydroxylation sites is 1. The average Bonchev–Trinajstić information content (AvgIpc) is 3.38. The Morgan fingerprint density at radius 2 is 1.64 bits per heavy atom. The maximum absolute atomic E-state index is 12.6. The highest BCUT2D eigenvalue weighted by molar-refractivity contribution is 6.01. The Morgan fingerprint density at radius 1 is 0.889 bits per heavy atom. The van der Waals surface area contributed by atoms with Crippen molar-refractivity contribution in [1.29, 1.82) is 0 Å². The fourth-order valence-corrected chi connectivity index (χ4v) is 3.54. The van der Waals surface area contributed by atoms with Crippen molar-refractivity contribution in [2.24, 2.45) is 0 Å². The van der Waals surface area contributed by atoms with E-state index in [1.807, 2.05) is 30.3 Å². The SMILES string of the molecule is COc1ccc(CCC(=O)Nc2ccccc2C(=O)OCC(=O)NCc2ccc3c(c2)OCO3)cc1. The predicted octanol–water partition coefficient (Wildman–Crippen LogP) is 3.47. The maximum atomic E-state index is 12.6. The highest BCUT2D eigenvalue weighted by Gasteiger charge is 2.17. The number of hydrogen-bond acceptors (Lipinski definition) is 7. The summed E-state index contributed by atoms with van der Waals surface area (Å²) in [5, 5.41) is 5.45. The summed E-state index contributed by atoms with van der Waals surface area (Å²) in [6.45, 7) is -0.0390. The quantitative estimate of drug-likeness (QED) is 0.419. The summed E-state index contributed by atoms with van der Waals surface area (Å²) in [7, 11) is 1.60. The highest BCUT2D eigenvalue weighted by atomic mass is 16.7. The van der Waals surface area contributed by atoms with Crippen LogP contribution in [0.2, 0.25) is 0 Å². The van der Waals surface area contributed by atoms with Crippen molar-refractivity contribution in [1.82, 2.24) is 5.32 Å². The third-order valence-corrected chi connectivity index (χ3v) is 5.48. The van der Waals surface area contributed by atoms with Crippen LogP contribution in [0.25, 0.3) is 0 Å². The second kappa shape index (κ2) is 11.7. The Morgan fingerprint density at radius 3 is 2.44 bits per heavy atom. The molecule has 3 aromatic rings. The number of carbonyl (C=O) groups is 3. The summed E-state index contributed by atoms with van der Waals surface area (Å²) in [5.41, 5.74) is 2.30. The van der Waals surface area contributed by atoms with Gasteiger partial charge in [0.2, 0.25) is 12.7 Å². The van der Waals surface area contributed by atoms with Gasteiger partial charge in [0.15, 0.2) is 18.1 Å². The van der Waals surface area contributed by atoms with Gasteiger partial charge in [0, 0.05) is 13.0 Å². The topological polar surface area (TPSA) is 112 Å². The summed E-state index contributed by atoms with van der Waals surface area (Å²) in [6, 6.07) is 19.3. The lowest BCUT2D eigenvalue weighted by Gasteiger charge is -2.11. The minimum absolute atomic E-state index is 0.166. The van der Waals surface area contributed by atoms with E-state index in [1.54, 1.807) is 37.4 Å². The molecule has 0 unspecified atom stereocenters. The van der Waals surface area contributed by atoms with Gasteiger partial charge in [-0.05, 0) is 53.9 Å². The van der Waals surface area contributed by atoms with Gasteiger partial charge in [-0.1, -0.05) is 30.3 Å². The first-order chi connectivity index (χ1) is 17.5. The summed E-state index contributed by atoms with van der Waals surface area (Å²) in [6.07, 6.45) is 0.768. The monoisotopic (exact) mass is 490 g/mol. The summed E-state index contributed by atoms with van der Waals surface area (Å²) in [4.78, 5) is 37.3. The van der Waals surface area contributed by atoms with Gasteiger partial charge < -0.3 is 29.6 Å². The second-order valence-electron chi connectivity index (χ2n) is 7.98. The van der Waals surface area contributed by atoms with E-state index < -0.39 is 18.5 Å². The zero-order valence-corrected chi connectivity index (χ0v) is 19.7. The van der Waals surface area contributed by atoms with Crippen LogP contribution in [0.1, 0.15) is 27.9 Å². The van der Waals surface area contributed by atoms with Crippen LogP contribution < -0.4 is 24.8 Å². The Labute approximate surface area is 208 Å². The molecule has 0 saturated carbocycles. The molecule has 0 saturated heterocycles. The largest absolute Gasteiger partial charge is 0.497 e. The molecule has 0 bridgehead atoms. The van der Waals surface area contributed by atoms with Gasteiger partial charge in [-0.3, -0.25) is 9.59 Å². The number of methoxy groups -OCH3 is 1. The van der Waals surface area contributed by atoms with Gasteiger partial charge in [-0.15, -0.1) is 0 Å². The van der Waals surface area contributed by atoms with E-state index >= 15 is 0 Å². The molecular formula is C27H26N2O7. The molecule has 1 aliphatic rings. The minimum Gasteiger partial charge on any atom is -0.497 e. The lowest BCUT2D eigenvalue weighted by Crippen LogP contribution is -2.28. The molecule has 1 aliphatic heterocycles. The smallest absolute Gasteiger partial charge is 0.340 e. The van der Waals surface area contributed by atoms with Gasteiger partial charge >= 0.3 is 5.97 Å². The van der Waals surface area contributed by atoms with Gasteiger partial charge in [0.25, 0.3) is 5.91 Å². The summed E-state index contributed by atoms with van der Waals surface area (Å²) < 4.78 is 20.9. The van der Waals surface area contributed by atoms with Crippen LogP contribution in [0, 0.1) is 0 Å². The van der Waals surface area contributed by atoms with Crippen molar-refractivity contribution in [3.63, 3.8) is 0 Å². The molecule has 1 heterocycles. The molecule has 0 fully saturated rings. The van der Waals surface area contributed by atoms with Crippen LogP contribution in [0.5, 0.6) is 17.2 Å². The number of anilines is 1. The number of rotatable bonds is 10. The van der Waals surface area contributed by atoms with Crippen molar-refractivity contribution in [2.75, 3.05) is 25.8 Å². The molecule has 2 amide bonds. The van der Waals surface area contributed by atoms with Crippen LogP contribution in [0.4, 0.5) is 5.69 Å². The average molecular weight is 491 g/mol. The van der Waals surface area contributed by atoms with E-state index in [1.165, 1.54) is 6.07 Å². The lowest BCUT2D eigenvalue weighted by atomic mass is 10.1. The zero-order valence-electron chi connectivity index (χ0n) is 19.7. The molecule has 4 rings (SSSR count). The number of benzene rings is 3. The Bertz CT molecular complexity index is 1240. The number of ether oxygens (including phenoxy) is 4. The third kappa shape index (κ3) is 6.53. The number of nitrogens with one attached hydrogen (secondary N) is 2. The van der Waals surface area contributed by atoms with Crippen LogP contribution in [-0.4, -0.2) is 38.3 Å². The number of hydrogen-bond donors (Lipinski definition) is 2. The molecule has 0 aliphatic carbocycles. The molecule has 3 aromatic carbocycles. The van der Waals surface area contributed by atoms with Crippen molar-refractivity contribution in [2.45, 2.75) is 19.4 Å². The van der Waals surface area contributed by atoms with E-state index in [0.717, 1.165) is 16.9 Å². The van der Waals surface area contributed by atoms with E-state index in [9.17, 15) is 14.4 Å². The van der Waals surface area contributed by atoms with Crippen LogP contribution >= 0.6 is 0 Å². The van der Waals surface area contributed by atoms with Gasteiger partial charge in [0.05, 0.1) is 18.4 Å². The molecule has 0 radical (unpaired) electrons. The van der Waals surface area contributed by atoms with Crippen molar-refractivity contribution >= 4 is 23.5 Å². The molecule has 9 nitrogen and oxygen atoms in total. The van der Waals surface area contributed by atoms with E-state index in [2.05, 4.69) is 10.6 Å². The highest BCUT2D eigenvalue weighted by Crippen LogP contribution is 2.32. The molecule has 0 aromatic heterocycles. The van der Waals surface area contributed by atoms with E-state index in [0.29, 0.717) is 23.6 Å². The molecule has 9 heteroatoms. The molecule has 186 valence electrons. The first-order valence-electron chi connectivity index (χ1n) is 11.4. The fraction of sp³-hybridized carbons (Fsp3) is 0.222. The molecular weight excluding hydrogens is 464 g/mol. The maximum Gasteiger partial charge on any atom is 0.340 e. The molecule has 0 spiro atoms. The molecule has 36 heavy (non-hydrogen) atoms. The number of amides is 2. The number of esters is 1. The zero-order chi connectivity index (χ0) is 25.3. The Balaban J connectivity index is 1.25. The van der Waals surface area contributed by atoms with Gasteiger partial charge in [-0.25, -0.2) is 4.79 Å². The molecule has 0 atom stereocenters. The first kappa shape index (κ1) is 24.6. The van der Waals surface area contributed by atoms with Gasteiger partial charge in [-0.2, -0.15) is 0 Å². The predicted molar refractivity (Wildman–Crippen MR) is 131 cm³/mol. The Hall–Kier alpha value is -4.53. The minimum atomic E-state index is -0.709. The third-order valence-electron chi connectivity index (χ3n) is 5.48.